The van der Waals surface area contributed by atoms with Gasteiger partial charge in [-0.1, -0.05) is 23.4 Å². The van der Waals surface area contributed by atoms with Crippen LogP contribution in [0, 0.1) is 6.92 Å². The molecule has 0 unspecified atom stereocenters. The minimum atomic E-state index is -0.149. The fourth-order valence-electron chi connectivity index (χ4n) is 1.93. The molecule has 0 aliphatic carbocycles. The third kappa shape index (κ3) is 1.52. The molecule has 1 heterocycles. The van der Waals surface area contributed by atoms with E-state index in [4.69, 9.17) is 10.9 Å². The predicted octanol–water partition coefficient (Wildman–Crippen LogP) is 2.26. The molecule has 84 valence electrons. The van der Waals surface area contributed by atoms with Crippen LogP contribution in [0.15, 0.2) is 35.6 Å². The number of aromatic nitrogens is 1. The lowest BCUT2D eigenvalue weighted by Crippen LogP contribution is -2.23. The van der Waals surface area contributed by atoms with E-state index >= 15 is 0 Å². The lowest BCUT2D eigenvalue weighted by Gasteiger charge is -2.13. The van der Waals surface area contributed by atoms with Crippen LogP contribution in [0.1, 0.15) is 18.5 Å². The molecule has 0 saturated carbocycles. The van der Waals surface area contributed by atoms with Crippen LogP contribution < -0.4 is 5.73 Å². The van der Waals surface area contributed by atoms with Gasteiger partial charge in [0, 0.05) is 17.1 Å². The zero-order chi connectivity index (χ0) is 11.7. The van der Waals surface area contributed by atoms with E-state index in [1.165, 1.54) is 10.9 Å². The Bertz CT molecular complexity index is 542. The molecule has 1 aromatic heterocycles. The molecule has 0 aliphatic heterocycles. The standard InChI is InChI=1S/C12H15N3O/c1-8-7-15(9(2)12(13)14-16)11-6-4-3-5-10(8)11/h3-7,9,16H,1-2H3,(H2,13,14)/t9-/m1/s1. The number of nitrogens with two attached hydrogens (primary N) is 1. The minimum Gasteiger partial charge on any atom is -0.409 e. The number of amidine groups is 1. The molecule has 1 aromatic carbocycles. The van der Waals surface area contributed by atoms with Crippen molar-refractivity contribution in [3.8, 4) is 0 Å². The molecule has 0 bridgehead atoms. The quantitative estimate of drug-likeness (QED) is 0.351. The molecule has 2 aromatic rings. The third-order valence-corrected chi connectivity index (χ3v) is 2.90. The van der Waals surface area contributed by atoms with E-state index in [1.54, 1.807) is 0 Å². The monoisotopic (exact) mass is 217 g/mol. The van der Waals surface area contributed by atoms with Gasteiger partial charge in [0.25, 0.3) is 0 Å². The van der Waals surface area contributed by atoms with E-state index in [9.17, 15) is 0 Å². The Labute approximate surface area is 94.0 Å². The average Bonchev–Trinajstić information content (AvgIpc) is 2.65. The van der Waals surface area contributed by atoms with Gasteiger partial charge in [-0.05, 0) is 25.5 Å². The van der Waals surface area contributed by atoms with Crippen LogP contribution >= 0.6 is 0 Å². The normalized spacial score (nSPS) is 14.2. The number of para-hydroxylation sites is 1. The molecule has 0 radical (unpaired) electrons. The largest absolute Gasteiger partial charge is 0.409 e. The van der Waals surface area contributed by atoms with Gasteiger partial charge in [0.2, 0.25) is 0 Å². The molecule has 1 atom stereocenters. The van der Waals surface area contributed by atoms with Gasteiger partial charge in [0.15, 0.2) is 5.84 Å². The van der Waals surface area contributed by atoms with Crippen LogP contribution in [0.2, 0.25) is 0 Å². The number of nitrogens with zero attached hydrogens (tertiary/aromatic N) is 2. The number of rotatable bonds is 2. The number of oxime groups is 1. The van der Waals surface area contributed by atoms with Gasteiger partial charge in [-0.2, -0.15) is 0 Å². The first-order valence-corrected chi connectivity index (χ1v) is 5.18. The first kappa shape index (κ1) is 10.5. The summed E-state index contributed by atoms with van der Waals surface area (Å²) < 4.78 is 2.01. The van der Waals surface area contributed by atoms with Crippen LogP contribution in [0.4, 0.5) is 0 Å². The summed E-state index contributed by atoms with van der Waals surface area (Å²) in [5, 5.41) is 12.9. The van der Waals surface area contributed by atoms with Crippen molar-refractivity contribution in [2.45, 2.75) is 19.9 Å². The van der Waals surface area contributed by atoms with Gasteiger partial charge in [0.05, 0.1) is 6.04 Å². The molecule has 0 amide bonds. The Balaban J connectivity index is 2.61. The SMILES string of the molecule is Cc1cn([C@H](C)/C(N)=N/O)c2ccccc12. The molecule has 3 N–H and O–H groups in total. The fraction of sp³-hybridized carbons (Fsp3) is 0.250. The summed E-state index contributed by atoms with van der Waals surface area (Å²) in [5.74, 6) is 0.209. The van der Waals surface area contributed by atoms with Crippen LogP contribution in [0.25, 0.3) is 10.9 Å². The average molecular weight is 217 g/mol. The van der Waals surface area contributed by atoms with Crippen LogP contribution in [0.5, 0.6) is 0 Å². The zero-order valence-corrected chi connectivity index (χ0v) is 9.38. The molecule has 0 spiro atoms. The molecule has 2 rings (SSSR count). The number of hydrogen-bond donors (Lipinski definition) is 2. The Morgan fingerprint density at radius 2 is 2.12 bits per heavy atom. The maximum Gasteiger partial charge on any atom is 0.161 e. The Morgan fingerprint density at radius 1 is 1.44 bits per heavy atom. The van der Waals surface area contributed by atoms with Crippen molar-refractivity contribution in [3.63, 3.8) is 0 Å². The maximum atomic E-state index is 8.70. The first-order chi connectivity index (χ1) is 7.65. The second kappa shape index (κ2) is 3.89. The maximum absolute atomic E-state index is 8.70. The number of benzene rings is 1. The highest BCUT2D eigenvalue weighted by molar-refractivity contribution is 5.88. The Hall–Kier alpha value is -1.97. The molecular formula is C12H15N3O. The summed E-state index contributed by atoms with van der Waals surface area (Å²) in [6, 6.07) is 7.94. The van der Waals surface area contributed by atoms with E-state index in [1.807, 2.05) is 35.9 Å². The van der Waals surface area contributed by atoms with Gasteiger partial charge < -0.3 is 15.5 Å². The second-order valence-electron chi connectivity index (χ2n) is 3.94. The number of fused-ring (bicyclic) bond motifs is 1. The molecule has 0 aliphatic rings. The van der Waals surface area contributed by atoms with Crippen molar-refractivity contribution in [3.05, 3.63) is 36.0 Å². The van der Waals surface area contributed by atoms with Crippen LogP contribution in [-0.2, 0) is 0 Å². The van der Waals surface area contributed by atoms with E-state index in [-0.39, 0.29) is 11.9 Å². The van der Waals surface area contributed by atoms with Gasteiger partial charge in [-0.15, -0.1) is 0 Å². The van der Waals surface area contributed by atoms with Crippen molar-refractivity contribution in [1.82, 2.24) is 4.57 Å². The van der Waals surface area contributed by atoms with E-state index in [0.717, 1.165) is 5.52 Å². The number of aryl methyl sites for hydroxylation is 1. The highest BCUT2D eigenvalue weighted by Crippen LogP contribution is 2.23. The Morgan fingerprint density at radius 3 is 2.81 bits per heavy atom. The summed E-state index contributed by atoms with van der Waals surface area (Å²) in [5.41, 5.74) is 7.91. The lowest BCUT2D eigenvalue weighted by atomic mass is 10.2. The highest BCUT2D eigenvalue weighted by Gasteiger charge is 2.13. The zero-order valence-electron chi connectivity index (χ0n) is 9.38. The van der Waals surface area contributed by atoms with Gasteiger partial charge in [-0.3, -0.25) is 0 Å². The fourth-order valence-corrected chi connectivity index (χ4v) is 1.93. The van der Waals surface area contributed by atoms with Gasteiger partial charge >= 0.3 is 0 Å². The molecule has 16 heavy (non-hydrogen) atoms. The van der Waals surface area contributed by atoms with E-state index < -0.39 is 0 Å². The van der Waals surface area contributed by atoms with Crippen molar-refractivity contribution in [2.75, 3.05) is 0 Å². The Kier molecular flexibility index (Phi) is 2.56. The molecule has 0 saturated heterocycles. The third-order valence-electron chi connectivity index (χ3n) is 2.90. The molecule has 4 heteroatoms. The predicted molar refractivity (Wildman–Crippen MR) is 64.8 cm³/mol. The smallest absolute Gasteiger partial charge is 0.161 e. The second-order valence-corrected chi connectivity index (χ2v) is 3.94. The van der Waals surface area contributed by atoms with Gasteiger partial charge in [-0.25, -0.2) is 0 Å². The summed E-state index contributed by atoms with van der Waals surface area (Å²) in [6.45, 7) is 3.96. The van der Waals surface area contributed by atoms with E-state index in [2.05, 4.69) is 18.1 Å². The molecule has 0 fully saturated rings. The van der Waals surface area contributed by atoms with Gasteiger partial charge in [0.1, 0.15) is 0 Å². The van der Waals surface area contributed by atoms with Crippen molar-refractivity contribution >= 4 is 16.7 Å². The van der Waals surface area contributed by atoms with Crippen LogP contribution in [-0.4, -0.2) is 15.6 Å². The minimum absolute atomic E-state index is 0.149. The summed E-state index contributed by atoms with van der Waals surface area (Å²) in [4.78, 5) is 0. The van der Waals surface area contributed by atoms with E-state index in [0.29, 0.717) is 0 Å². The van der Waals surface area contributed by atoms with Crippen LogP contribution in [0.3, 0.4) is 0 Å². The summed E-state index contributed by atoms with van der Waals surface area (Å²) in [6.07, 6.45) is 2.02. The highest BCUT2D eigenvalue weighted by atomic mass is 16.4. The summed E-state index contributed by atoms with van der Waals surface area (Å²) in [7, 11) is 0. The lowest BCUT2D eigenvalue weighted by molar-refractivity contribution is 0.314. The van der Waals surface area contributed by atoms with Crippen molar-refractivity contribution in [2.24, 2.45) is 10.9 Å². The van der Waals surface area contributed by atoms with Crippen molar-refractivity contribution in [1.29, 1.82) is 0 Å². The topological polar surface area (TPSA) is 63.5 Å². The summed E-state index contributed by atoms with van der Waals surface area (Å²) >= 11 is 0. The first-order valence-electron chi connectivity index (χ1n) is 5.18. The number of hydrogen-bond acceptors (Lipinski definition) is 2. The van der Waals surface area contributed by atoms with Crippen molar-refractivity contribution < 1.29 is 5.21 Å². The molecule has 4 nitrogen and oxygen atoms in total. The molecular weight excluding hydrogens is 202 g/mol.